The largest absolute Gasteiger partial charge is 0.356 e. The quantitative estimate of drug-likeness (QED) is 0.192. The van der Waals surface area contributed by atoms with Crippen molar-refractivity contribution in [3.8, 4) is 22.5 Å². The molecule has 7 rings (SSSR count). The Labute approximate surface area is 282 Å². The maximum Gasteiger partial charge on any atom is 0.227 e. The van der Waals surface area contributed by atoms with Crippen LogP contribution in [0.1, 0.15) is 69.1 Å². The Morgan fingerprint density at radius 3 is 2.44 bits per heavy atom. The number of ketones is 1. The lowest BCUT2D eigenvalue weighted by Gasteiger charge is -2.28. The van der Waals surface area contributed by atoms with Gasteiger partial charge in [0.2, 0.25) is 11.8 Å². The predicted molar refractivity (Wildman–Crippen MR) is 186 cm³/mol. The Hall–Kier alpha value is -4.63. The lowest BCUT2D eigenvalue weighted by Crippen LogP contribution is -2.33. The number of hydrogen-bond acceptors (Lipinski definition) is 6. The molecule has 9 heteroatoms. The zero-order valence-electron chi connectivity index (χ0n) is 27.8. The highest BCUT2D eigenvalue weighted by Crippen LogP contribution is 2.42. The number of nitrogens with zero attached hydrogens (tertiary/aromatic N) is 4. The lowest BCUT2D eigenvalue weighted by atomic mass is 9.95. The lowest BCUT2D eigenvalue weighted by molar-refractivity contribution is -0.122. The van der Waals surface area contributed by atoms with Crippen LogP contribution in [0.3, 0.4) is 0 Å². The molecule has 248 valence electrons. The summed E-state index contributed by atoms with van der Waals surface area (Å²) in [5.41, 5.74) is 7.63. The molecule has 3 atom stereocenters. The smallest absolute Gasteiger partial charge is 0.227 e. The first-order valence-electron chi connectivity index (χ1n) is 17.4. The third-order valence-corrected chi connectivity index (χ3v) is 9.89. The number of benzene rings is 3. The fourth-order valence-electron chi connectivity index (χ4n) is 7.08. The van der Waals surface area contributed by atoms with Crippen LogP contribution in [0.25, 0.3) is 22.5 Å². The molecule has 3 heterocycles. The van der Waals surface area contributed by atoms with E-state index in [0.717, 1.165) is 64.2 Å². The number of piperidine rings is 1. The molecule has 1 saturated carbocycles. The monoisotopic (exact) mass is 644 g/mol. The van der Waals surface area contributed by atoms with Crippen molar-refractivity contribution in [1.29, 1.82) is 0 Å². The number of carbonyl (C=O) groups excluding carboxylic acids is 3. The number of para-hydroxylation sites is 1. The number of unbranched alkanes of at least 4 members (excludes halogenated alkanes) is 1. The maximum atomic E-state index is 13.8. The first-order chi connectivity index (χ1) is 23.4. The van der Waals surface area contributed by atoms with Crippen LogP contribution in [-0.4, -0.2) is 51.2 Å². The summed E-state index contributed by atoms with van der Waals surface area (Å²) in [6.45, 7) is 5.95. The zero-order chi connectivity index (χ0) is 33.2. The van der Waals surface area contributed by atoms with Crippen molar-refractivity contribution >= 4 is 23.3 Å². The molecule has 0 bridgehead atoms. The van der Waals surface area contributed by atoms with Gasteiger partial charge in [0, 0.05) is 42.5 Å². The van der Waals surface area contributed by atoms with Gasteiger partial charge in [-0.25, -0.2) is 4.68 Å². The Balaban J connectivity index is 1.08. The van der Waals surface area contributed by atoms with Gasteiger partial charge < -0.3 is 15.5 Å². The summed E-state index contributed by atoms with van der Waals surface area (Å²) < 4.78 is 1.96. The molecular formula is C39H44N6O3. The summed E-state index contributed by atoms with van der Waals surface area (Å²) in [4.78, 5) is 40.4. The van der Waals surface area contributed by atoms with E-state index in [1.165, 1.54) is 0 Å². The summed E-state index contributed by atoms with van der Waals surface area (Å²) >= 11 is 0. The average Bonchev–Trinajstić information content (AvgIpc) is 3.63. The van der Waals surface area contributed by atoms with Crippen molar-refractivity contribution in [3.05, 3.63) is 89.5 Å². The molecule has 2 amide bonds. The number of rotatable bonds is 12. The van der Waals surface area contributed by atoms with Crippen LogP contribution >= 0.6 is 0 Å². The van der Waals surface area contributed by atoms with Gasteiger partial charge in [0.05, 0.1) is 30.5 Å². The van der Waals surface area contributed by atoms with Gasteiger partial charge in [-0.15, -0.1) is 5.10 Å². The second-order valence-corrected chi connectivity index (χ2v) is 13.9. The third kappa shape index (κ3) is 6.83. The van der Waals surface area contributed by atoms with Crippen molar-refractivity contribution in [2.24, 2.45) is 11.8 Å². The van der Waals surface area contributed by atoms with Crippen molar-refractivity contribution in [3.63, 3.8) is 0 Å². The summed E-state index contributed by atoms with van der Waals surface area (Å²) in [5.74, 6) is 1.23. The highest BCUT2D eigenvalue weighted by molar-refractivity contribution is 6.00. The number of carbonyl (C=O) groups is 3. The molecule has 0 radical (unpaired) electrons. The predicted octanol–water partition coefficient (Wildman–Crippen LogP) is 5.70. The highest BCUT2D eigenvalue weighted by Gasteiger charge is 2.52. The zero-order valence-corrected chi connectivity index (χ0v) is 27.8. The maximum absolute atomic E-state index is 13.8. The molecule has 2 unspecified atom stereocenters. The van der Waals surface area contributed by atoms with Crippen molar-refractivity contribution in [1.82, 2.24) is 25.6 Å². The van der Waals surface area contributed by atoms with Gasteiger partial charge in [0.1, 0.15) is 5.69 Å². The fraction of sp³-hybridized carbons (Fsp3) is 0.410. The van der Waals surface area contributed by atoms with Crippen LogP contribution in [0, 0.1) is 11.8 Å². The molecule has 1 aromatic heterocycles. The number of Topliss-reactive ketones (excluding diaryl/α,β-unsaturated/α-hetero) is 1. The first-order valence-corrected chi connectivity index (χ1v) is 17.4. The molecule has 2 aliphatic heterocycles. The molecule has 1 aliphatic carbocycles. The van der Waals surface area contributed by atoms with Crippen LogP contribution in [0.15, 0.2) is 72.8 Å². The molecule has 9 nitrogen and oxygen atoms in total. The minimum atomic E-state index is -0.0662. The molecule has 2 fully saturated rings. The van der Waals surface area contributed by atoms with E-state index in [1.807, 2.05) is 46.0 Å². The van der Waals surface area contributed by atoms with Crippen LogP contribution in [0.2, 0.25) is 0 Å². The molecule has 3 aliphatic rings. The van der Waals surface area contributed by atoms with Gasteiger partial charge >= 0.3 is 0 Å². The number of nitrogens with one attached hydrogen (secondary N) is 2. The topological polar surface area (TPSA) is 109 Å². The molecule has 2 N–H and O–H groups in total. The van der Waals surface area contributed by atoms with Gasteiger partial charge in [-0.3, -0.25) is 14.4 Å². The summed E-state index contributed by atoms with van der Waals surface area (Å²) in [7, 11) is 0. The first kappa shape index (κ1) is 31.9. The highest BCUT2D eigenvalue weighted by atomic mass is 16.2. The minimum Gasteiger partial charge on any atom is -0.356 e. The number of fused-ring (bicyclic) bond motifs is 6. The molecule has 4 aromatic rings. The molecular weight excluding hydrogens is 600 g/mol. The van der Waals surface area contributed by atoms with E-state index in [9.17, 15) is 14.4 Å². The fourth-order valence-corrected chi connectivity index (χ4v) is 7.08. The second-order valence-electron chi connectivity index (χ2n) is 13.9. The molecule has 0 spiro atoms. The number of amides is 2. The van der Waals surface area contributed by atoms with E-state index in [2.05, 4.69) is 66.1 Å². The summed E-state index contributed by atoms with van der Waals surface area (Å²) in [6, 6.07) is 24.9. The van der Waals surface area contributed by atoms with E-state index < -0.39 is 0 Å². The van der Waals surface area contributed by atoms with Gasteiger partial charge in [-0.1, -0.05) is 85.8 Å². The van der Waals surface area contributed by atoms with Gasteiger partial charge in [-0.2, -0.15) is 0 Å². The standard InChI is InChI=1S/C39H44N6O3/c1-25(2)19-20-40-35(46)13-7-8-14-36(47)44-24-28-9-3-4-10-29(28)38-37(30-11-5-6-12-34(30)44)42-43-45(38)23-27-17-15-26(16-18-27)21-33-39(48)31-22-32(31)41-33/h3-6,9-12,15-18,25,31-33,41H,7-8,13-14,19-24H2,1-2H3,(H,40,46)/t31?,32?,33-/m0/s1. The van der Waals surface area contributed by atoms with E-state index in [-0.39, 0.29) is 23.8 Å². The molecule has 48 heavy (non-hydrogen) atoms. The van der Waals surface area contributed by atoms with Gasteiger partial charge in [0.25, 0.3) is 0 Å². The van der Waals surface area contributed by atoms with E-state index >= 15 is 0 Å². The summed E-state index contributed by atoms with van der Waals surface area (Å²) in [6.07, 6.45) is 4.78. The number of aromatic nitrogens is 3. The molecule has 3 aromatic carbocycles. The normalized spacial score (nSPS) is 19.2. The SMILES string of the molecule is CC(C)CCNC(=O)CCCCC(=O)N1Cc2ccccc2-c2c(nnn2Cc2ccc(C[C@@H]3NC4CC4C3=O)cc2)-c2ccccc21. The van der Waals surface area contributed by atoms with Crippen LogP contribution in [0.4, 0.5) is 5.69 Å². The Morgan fingerprint density at radius 1 is 0.938 bits per heavy atom. The number of hydrogen-bond donors (Lipinski definition) is 2. The Bertz CT molecular complexity index is 1810. The van der Waals surface area contributed by atoms with E-state index in [0.29, 0.717) is 63.1 Å². The Morgan fingerprint density at radius 2 is 1.67 bits per heavy atom. The average molecular weight is 645 g/mol. The Kier molecular flexibility index (Phi) is 9.21. The van der Waals surface area contributed by atoms with Crippen LogP contribution in [0.5, 0.6) is 0 Å². The second kappa shape index (κ2) is 13.8. The van der Waals surface area contributed by atoms with Gasteiger partial charge in [0.15, 0.2) is 5.78 Å². The van der Waals surface area contributed by atoms with E-state index in [4.69, 9.17) is 5.10 Å². The van der Waals surface area contributed by atoms with Crippen LogP contribution in [-0.2, 0) is 33.9 Å². The molecule has 1 saturated heterocycles. The third-order valence-electron chi connectivity index (χ3n) is 9.89. The number of anilines is 1. The van der Waals surface area contributed by atoms with E-state index in [1.54, 1.807) is 0 Å². The summed E-state index contributed by atoms with van der Waals surface area (Å²) in [5, 5.41) is 15.8. The van der Waals surface area contributed by atoms with Gasteiger partial charge in [-0.05, 0) is 60.8 Å². The minimum absolute atomic E-state index is 0.0277. The van der Waals surface area contributed by atoms with Crippen molar-refractivity contribution < 1.29 is 14.4 Å². The van der Waals surface area contributed by atoms with Crippen molar-refractivity contribution in [2.75, 3.05) is 11.4 Å². The van der Waals surface area contributed by atoms with Crippen molar-refractivity contribution in [2.45, 2.75) is 84.0 Å². The van der Waals surface area contributed by atoms with Crippen LogP contribution < -0.4 is 15.5 Å².